The number of hydrogen-bond acceptors (Lipinski definition) is 3. The number of phenols is 1. The molecule has 108 valence electrons. The average molecular weight is 265 g/mol. The van der Waals surface area contributed by atoms with Crippen LogP contribution in [-0.2, 0) is 4.74 Å². The molecule has 0 aromatic heterocycles. The summed E-state index contributed by atoms with van der Waals surface area (Å²) in [7, 11) is 0. The van der Waals surface area contributed by atoms with Gasteiger partial charge in [0.2, 0.25) is 0 Å². The molecule has 0 radical (unpaired) electrons. The van der Waals surface area contributed by atoms with Crippen molar-refractivity contribution in [3.63, 3.8) is 0 Å². The third-order valence-electron chi connectivity index (χ3n) is 3.20. The van der Waals surface area contributed by atoms with E-state index in [1.165, 1.54) is 12.0 Å². The molecule has 0 spiro atoms. The second kappa shape index (κ2) is 9.82. The lowest BCUT2D eigenvalue weighted by atomic mass is 10.0. The number of unbranched alkanes of at least 4 members (excludes halogenated alkanes) is 1. The van der Waals surface area contributed by atoms with E-state index >= 15 is 0 Å². The Balaban J connectivity index is 2.20. The highest BCUT2D eigenvalue weighted by Gasteiger charge is 2.07. The lowest BCUT2D eigenvalue weighted by Gasteiger charge is -2.17. The first-order chi connectivity index (χ1) is 9.27. The summed E-state index contributed by atoms with van der Waals surface area (Å²) >= 11 is 0. The molecule has 1 unspecified atom stereocenters. The Kier molecular flexibility index (Phi) is 8.26. The molecule has 0 saturated heterocycles. The maximum atomic E-state index is 9.29. The van der Waals surface area contributed by atoms with E-state index in [2.05, 4.69) is 19.2 Å². The standard InChI is InChI=1S/C16H27NO2/c1-3-5-12-19-13-6-11-17-16(4-2)14-7-9-15(18)10-8-14/h7-10,16-18H,3-6,11-13H2,1-2H3. The second-order valence-electron chi connectivity index (χ2n) is 4.83. The topological polar surface area (TPSA) is 41.5 Å². The molecule has 3 nitrogen and oxygen atoms in total. The van der Waals surface area contributed by atoms with Crippen LogP contribution in [0.3, 0.4) is 0 Å². The van der Waals surface area contributed by atoms with Gasteiger partial charge >= 0.3 is 0 Å². The van der Waals surface area contributed by atoms with Crippen LogP contribution in [0.15, 0.2) is 24.3 Å². The number of hydrogen-bond donors (Lipinski definition) is 2. The highest BCUT2D eigenvalue weighted by molar-refractivity contribution is 5.27. The largest absolute Gasteiger partial charge is 0.508 e. The summed E-state index contributed by atoms with van der Waals surface area (Å²) in [5.41, 5.74) is 1.23. The Labute approximate surface area is 117 Å². The van der Waals surface area contributed by atoms with Crippen LogP contribution in [0.5, 0.6) is 5.75 Å². The SMILES string of the molecule is CCCCOCCCNC(CC)c1ccc(O)cc1. The van der Waals surface area contributed by atoms with Crippen LogP contribution in [-0.4, -0.2) is 24.9 Å². The molecule has 0 aliphatic heterocycles. The van der Waals surface area contributed by atoms with Crippen molar-refractivity contribution in [2.45, 2.75) is 45.6 Å². The van der Waals surface area contributed by atoms with Gasteiger partial charge in [-0.25, -0.2) is 0 Å². The van der Waals surface area contributed by atoms with Crippen molar-refractivity contribution in [2.75, 3.05) is 19.8 Å². The summed E-state index contributed by atoms with van der Waals surface area (Å²) < 4.78 is 5.54. The predicted molar refractivity (Wildman–Crippen MR) is 79.5 cm³/mol. The zero-order valence-corrected chi connectivity index (χ0v) is 12.2. The third-order valence-corrected chi connectivity index (χ3v) is 3.20. The van der Waals surface area contributed by atoms with Crippen molar-refractivity contribution >= 4 is 0 Å². The molecule has 0 saturated carbocycles. The second-order valence-corrected chi connectivity index (χ2v) is 4.83. The molecule has 0 fully saturated rings. The summed E-state index contributed by atoms with van der Waals surface area (Å²) in [5, 5.41) is 12.8. The van der Waals surface area contributed by atoms with Crippen LogP contribution in [0.4, 0.5) is 0 Å². The van der Waals surface area contributed by atoms with E-state index in [9.17, 15) is 5.11 Å². The Bertz CT molecular complexity index is 324. The molecule has 19 heavy (non-hydrogen) atoms. The van der Waals surface area contributed by atoms with Crippen LogP contribution in [0.1, 0.15) is 51.1 Å². The van der Waals surface area contributed by atoms with Gasteiger partial charge in [-0.15, -0.1) is 0 Å². The number of nitrogens with one attached hydrogen (secondary N) is 1. The van der Waals surface area contributed by atoms with Crippen molar-refractivity contribution in [2.24, 2.45) is 0 Å². The quantitative estimate of drug-likeness (QED) is 0.635. The number of benzene rings is 1. The van der Waals surface area contributed by atoms with E-state index in [1.807, 2.05) is 12.1 Å². The lowest BCUT2D eigenvalue weighted by Crippen LogP contribution is -2.22. The molecule has 1 aromatic rings. The van der Waals surface area contributed by atoms with Gasteiger partial charge in [0.05, 0.1) is 0 Å². The summed E-state index contributed by atoms with van der Waals surface area (Å²) in [6.45, 7) is 7.02. The van der Waals surface area contributed by atoms with Gasteiger partial charge in [-0.3, -0.25) is 0 Å². The fourth-order valence-electron chi connectivity index (χ4n) is 2.00. The van der Waals surface area contributed by atoms with E-state index in [1.54, 1.807) is 12.1 Å². The van der Waals surface area contributed by atoms with E-state index in [-0.39, 0.29) is 0 Å². The number of phenolic OH excluding ortho intramolecular Hbond substituents is 1. The Morgan fingerprint density at radius 3 is 2.42 bits per heavy atom. The molecule has 1 atom stereocenters. The van der Waals surface area contributed by atoms with Crippen LogP contribution < -0.4 is 5.32 Å². The molecule has 2 N–H and O–H groups in total. The number of rotatable bonds is 10. The highest BCUT2D eigenvalue weighted by atomic mass is 16.5. The van der Waals surface area contributed by atoms with Gasteiger partial charge < -0.3 is 15.2 Å². The van der Waals surface area contributed by atoms with E-state index < -0.39 is 0 Å². The summed E-state index contributed by atoms with van der Waals surface area (Å²) in [6, 6.07) is 7.81. The molecular formula is C16H27NO2. The van der Waals surface area contributed by atoms with Crippen molar-refractivity contribution in [3.8, 4) is 5.75 Å². The van der Waals surface area contributed by atoms with Gasteiger partial charge in [0.15, 0.2) is 0 Å². The third kappa shape index (κ3) is 6.60. The van der Waals surface area contributed by atoms with Gasteiger partial charge in [0, 0.05) is 19.3 Å². The summed E-state index contributed by atoms with van der Waals surface area (Å²) in [4.78, 5) is 0. The zero-order valence-electron chi connectivity index (χ0n) is 12.2. The van der Waals surface area contributed by atoms with Gasteiger partial charge in [0.1, 0.15) is 5.75 Å². The van der Waals surface area contributed by atoms with Crippen LogP contribution in [0.25, 0.3) is 0 Å². The molecule has 0 amide bonds. The van der Waals surface area contributed by atoms with E-state index in [4.69, 9.17) is 4.74 Å². The minimum atomic E-state index is 0.322. The zero-order chi connectivity index (χ0) is 13.9. The Morgan fingerprint density at radius 1 is 1.11 bits per heavy atom. The fraction of sp³-hybridized carbons (Fsp3) is 0.625. The molecule has 1 rings (SSSR count). The van der Waals surface area contributed by atoms with Gasteiger partial charge in [-0.1, -0.05) is 32.4 Å². The molecule has 1 aromatic carbocycles. The summed E-state index contributed by atoms with van der Waals surface area (Å²) in [6.07, 6.45) is 4.43. The first-order valence-corrected chi connectivity index (χ1v) is 7.38. The van der Waals surface area contributed by atoms with Gasteiger partial charge in [-0.05, 0) is 43.5 Å². The minimum Gasteiger partial charge on any atom is -0.508 e. The van der Waals surface area contributed by atoms with Crippen molar-refractivity contribution < 1.29 is 9.84 Å². The van der Waals surface area contributed by atoms with Crippen LogP contribution >= 0.6 is 0 Å². The maximum Gasteiger partial charge on any atom is 0.115 e. The Morgan fingerprint density at radius 2 is 1.79 bits per heavy atom. The van der Waals surface area contributed by atoms with Crippen molar-refractivity contribution in [1.82, 2.24) is 5.32 Å². The molecule has 0 bridgehead atoms. The van der Waals surface area contributed by atoms with E-state index in [0.717, 1.165) is 39.0 Å². The lowest BCUT2D eigenvalue weighted by molar-refractivity contribution is 0.128. The first kappa shape index (κ1) is 16.0. The molecule has 0 aliphatic carbocycles. The Hall–Kier alpha value is -1.06. The van der Waals surface area contributed by atoms with E-state index in [0.29, 0.717) is 11.8 Å². The molecular weight excluding hydrogens is 238 g/mol. The van der Waals surface area contributed by atoms with Gasteiger partial charge in [0.25, 0.3) is 0 Å². The average Bonchev–Trinajstić information content (AvgIpc) is 2.43. The highest BCUT2D eigenvalue weighted by Crippen LogP contribution is 2.19. The minimum absolute atomic E-state index is 0.322. The van der Waals surface area contributed by atoms with Crippen molar-refractivity contribution in [1.29, 1.82) is 0 Å². The maximum absolute atomic E-state index is 9.29. The van der Waals surface area contributed by atoms with Gasteiger partial charge in [-0.2, -0.15) is 0 Å². The monoisotopic (exact) mass is 265 g/mol. The molecule has 0 heterocycles. The van der Waals surface area contributed by atoms with Crippen molar-refractivity contribution in [3.05, 3.63) is 29.8 Å². The smallest absolute Gasteiger partial charge is 0.115 e. The van der Waals surface area contributed by atoms with Crippen LogP contribution in [0, 0.1) is 0 Å². The molecule has 3 heteroatoms. The first-order valence-electron chi connectivity index (χ1n) is 7.38. The summed E-state index contributed by atoms with van der Waals surface area (Å²) in [5.74, 6) is 0.322. The fourth-order valence-corrected chi connectivity index (χ4v) is 2.00. The predicted octanol–water partition coefficient (Wildman–Crippen LogP) is 3.64. The normalized spacial score (nSPS) is 12.5. The van der Waals surface area contributed by atoms with Crippen LogP contribution in [0.2, 0.25) is 0 Å². The number of ether oxygens (including phenoxy) is 1. The number of aromatic hydroxyl groups is 1. The molecule has 0 aliphatic rings.